The first-order chi connectivity index (χ1) is 5.33. The summed E-state index contributed by atoms with van der Waals surface area (Å²) in [5, 5.41) is 3.35. The van der Waals surface area contributed by atoms with Crippen LogP contribution in [0.1, 0.15) is 0 Å². The molecule has 0 atom stereocenters. The van der Waals surface area contributed by atoms with Gasteiger partial charge in [-0.05, 0) is 0 Å². The third kappa shape index (κ3) is 2.55. The molecule has 0 aromatic carbocycles. The lowest BCUT2D eigenvalue weighted by molar-refractivity contribution is 1.16. The van der Waals surface area contributed by atoms with Gasteiger partial charge in [0.25, 0.3) is 0 Å². The zero-order valence-electron chi connectivity index (χ0n) is 5.92. The molecule has 0 fully saturated rings. The van der Waals surface area contributed by atoms with E-state index in [9.17, 15) is 0 Å². The van der Waals surface area contributed by atoms with Crippen LogP contribution < -0.4 is 5.32 Å². The third-order valence-corrected chi connectivity index (χ3v) is 1.21. The van der Waals surface area contributed by atoms with Gasteiger partial charge in [0.2, 0.25) is 0 Å². The average molecular weight is 170 g/mol. The van der Waals surface area contributed by atoms with E-state index in [1.165, 1.54) is 6.20 Å². The smallest absolute Gasteiger partial charge is 0.149 e. The first-order valence-corrected chi connectivity index (χ1v) is 3.53. The van der Waals surface area contributed by atoms with Crippen molar-refractivity contribution in [2.45, 2.75) is 0 Å². The zero-order chi connectivity index (χ0) is 8.10. The van der Waals surface area contributed by atoms with Gasteiger partial charge in [-0.15, -0.1) is 6.58 Å². The van der Waals surface area contributed by atoms with Gasteiger partial charge in [0.15, 0.2) is 0 Å². The van der Waals surface area contributed by atoms with Crippen LogP contribution in [0.2, 0.25) is 5.15 Å². The fourth-order valence-electron chi connectivity index (χ4n) is 0.604. The maximum atomic E-state index is 5.58. The second-order valence-corrected chi connectivity index (χ2v) is 2.28. The molecule has 0 aliphatic heterocycles. The van der Waals surface area contributed by atoms with E-state index in [2.05, 4.69) is 21.9 Å². The Kier molecular flexibility index (Phi) is 2.86. The van der Waals surface area contributed by atoms with Gasteiger partial charge in [-0.2, -0.15) is 0 Å². The molecule has 11 heavy (non-hydrogen) atoms. The van der Waals surface area contributed by atoms with E-state index in [1.54, 1.807) is 12.3 Å². The Hall–Kier alpha value is -1.09. The first-order valence-electron chi connectivity index (χ1n) is 3.15. The van der Waals surface area contributed by atoms with Crippen molar-refractivity contribution in [1.82, 2.24) is 9.97 Å². The Balaban J connectivity index is 2.63. The van der Waals surface area contributed by atoms with E-state index < -0.39 is 0 Å². The Morgan fingerprint density at radius 1 is 1.64 bits per heavy atom. The summed E-state index contributed by atoms with van der Waals surface area (Å²) in [6, 6.07) is 0. The molecule has 58 valence electrons. The number of nitrogens with one attached hydrogen (secondary N) is 1. The van der Waals surface area contributed by atoms with Crippen molar-refractivity contribution >= 4 is 17.4 Å². The predicted molar refractivity (Wildman–Crippen MR) is 45.7 cm³/mol. The van der Waals surface area contributed by atoms with Crippen molar-refractivity contribution in [3.63, 3.8) is 0 Å². The lowest BCUT2D eigenvalue weighted by atomic mass is 10.6. The Labute approximate surface area is 70.1 Å². The highest BCUT2D eigenvalue weighted by atomic mass is 35.5. The van der Waals surface area contributed by atoms with E-state index in [0.29, 0.717) is 17.5 Å². The third-order valence-electron chi connectivity index (χ3n) is 1.03. The number of hydrogen-bond acceptors (Lipinski definition) is 3. The standard InChI is InChI=1S/C7H8ClN3/c1-2-3-10-7-5-9-4-6(8)11-7/h2,4-5H,1,3H2,(H,10,11). The van der Waals surface area contributed by atoms with Gasteiger partial charge in [0, 0.05) is 6.54 Å². The molecule has 0 aliphatic rings. The summed E-state index contributed by atoms with van der Waals surface area (Å²) in [7, 11) is 0. The number of nitrogens with zero attached hydrogens (tertiary/aromatic N) is 2. The molecule has 1 aromatic rings. The summed E-state index contributed by atoms with van der Waals surface area (Å²) < 4.78 is 0. The highest BCUT2D eigenvalue weighted by Crippen LogP contribution is 2.05. The topological polar surface area (TPSA) is 37.8 Å². The van der Waals surface area contributed by atoms with Crippen LogP contribution in [-0.2, 0) is 0 Å². The minimum Gasteiger partial charge on any atom is -0.365 e. The van der Waals surface area contributed by atoms with Crippen LogP contribution in [0.4, 0.5) is 5.82 Å². The molecular weight excluding hydrogens is 162 g/mol. The molecule has 0 spiro atoms. The Morgan fingerprint density at radius 3 is 3.09 bits per heavy atom. The number of rotatable bonds is 3. The molecule has 0 aliphatic carbocycles. The van der Waals surface area contributed by atoms with E-state index in [-0.39, 0.29) is 0 Å². The lowest BCUT2D eigenvalue weighted by Gasteiger charge is -1.99. The van der Waals surface area contributed by atoms with Gasteiger partial charge in [-0.3, -0.25) is 4.98 Å². The molecule has 0 bridgehead atoms. The van der Waals surface area contributed by atoms with Gasteiger partial charge in [0.1, 0.15) is 11.0 Å². The highest BCUT2D eigenvalue weighted by molar-refractivity contribution is 6.29. The summed E-state index contributed by atoms with van der Waals surface area (Å²) in [5.41, 5.74) is 0. The summed E-state index contributed by atoms with van der Waals surface area (Å²) >= 11 is 5.58. The molecule has 0 amide bonds. The first kappa shape index (κ1) is 8.01. The highest BCUT2D eigenvalue weighted by Gasteiger charge is 1.92. The van der Waals surface area contributed by atoms with E-state index in [1.807, 2.05) is 0 Å². The number of hydrogen-bond donors (Lipinski definition) is 1. The zero-order valence-corrected chi connectivity index (χ0v) is 6.67. The number of halogens is 1. The molecule has 1 aromatic heterocycles. The molecule has 0 unspecified atom stereocenters. The summed E-state index contributed by atoms with van der Waals surface area (Å²) in [5.74, 6) is 0.664. The Bertz CT molecular complexity index is 249. The fraction of sp³-hybridized carbons (Fsp3) is 0.143. The minimum atomic E-state index is 0.388. The van der Waals surface area contributed by atoms with Crippen LogP contribution in [0.15, 0.2) is 25.0 Å². The van der Waals surface area contributed by atoms with E-state index >= 15 is 0 Å². The van der Waals surface area contributed by atoms with Crippen molar-refractivity contribution in [2.24, 2.45) is 0 Å². The molecule has 4 heteroatoms. The van der Waals surface area contributed by atoms with Crippen molar-refractivity contribution in [1.29, 1.82) is 0 Å². The maximum Gasteiger partial charge on any atom is 0.149 e. The molecule has 1 N–H and O–H groups in total. The molecule has 1 heterocycles. The van der Waals surface area contributed by atoms with Gasteiger partial charge in [-0.25, -0.2) is 4.98 Å². The molecular formula is C7H8ClN3. The second kappa shape index (κ2) is 3.93. The molecule has 1 rings (SSSR count). The molecule has 0 radical (unpaired) electrons. The summed E-state index contributed by atoms with van der Waals surface area (Å²) in [4.78, 5) is 7.80. The van der Waals surface area contributed by atoms with Crippen molar-refractivity contribution in [2.75, 3.05) is 11.9 Å². The van der Waals surface area contributed by atoms with E-state index in [4.69, 9.17) is 11.6 Å². The monoisotopic (exact) mass is 169 g/mol. The minimum absolute atomic E-state index is 0.388. The van der Waals surface area contributed by atoms with Crippen LogP contribution in [0.3, 0.4) is 0 Å². The van der Waals surface area contributed by atoms with Crippen molar-refractivity contribution < 1.29 is 0 Å². The van der Waals surface area contributed by atoms with Gasteiger partial charge < -0.3 is 5.32 Å². The van der Waals surface area contributed by atoms with Crippen LogP contribution in [0.5, 0.6) is 0 Å². The van der Waals surface area contributed by atoms with Crippen molar-refractivity contribution in [3.05, 3.63) is 30.2 Å². The van der Waals surface area contributed by atoms with E-state index in [0.717, 1.165) is 0 Å². The van der Waals surface area contributed by atoms with Crippen LogP contribution in [0, 0.1) is 0 Å². The van der Waals surface area contributed by atoms with Crippen LogP contribution in [-0.4, -0.2) is 16.5 Å². The van der Waals surface area contributed by atoms with Gasteiger partial charge in [-0.1, -0.05) is 17.7 Å². The van der Waals surface area contributed by atoms with Crippen LogP contribution >= 0.6 is 11.6 Å². The Morgan fingerprint density at radius 2 is 2.45 bits per heavy atom. The largest absolute Gasteiger partial charge is 0.365 e. The van der Waals surface area contributed by atoms with Gasteiger partial charge >= 0.3 is 0 Å². The van der Waals surface area contributed by atoms with Crippen LogP contribution in [0.25, 0.3) is 0 Å². The summed E-state index contributed by atoms with van der Waals surface area (Å²) in [6.07, 6.45) is 4.83. The fourth-order valence-corrected chi connectivity index (χ4v) is 0.751. The second-order valence-electron chi connectivity index (χ2n) is 1.90. The van der Waals surface area contributed by atoms with Gasteiger partial charge in [0.05, 0.1) is 12.4 Å². The molecule has 0 saturated heterocycles. The van der Waals surface area contributed by atoms with Crippen molar-refractivity contribution in [3.8, 4) is 0 Å². The molecule has 0 saturated carbocycles. The SMILES string of the molecule is C=CCNc1cncc(Cl)n1. The number of aromatic nitrogens is 2. The normalized spacial score (nSPS) is 9.18. The lowest BCUT2D eigenvalue weighted by Crippen LogP contribution is -2.00. The quantitative estimate of drug-likeness (QED) is 0.701. The number of anilines is 1. The molecule has 3 nitrogen and oxygen atoms in total. The predicted octanol–water partition coefficient (Wildman–Crippen LogP) is 1.73. The summed E-state index contributed by atoms with van der Waals surface area (Å²) in [6.45, 7) is 4.22. The maximum absolute atomic E-state index is 5.58. The average Bonchev–Trinajstić information content (AvgIpc) is 2.01.